The van der Waals surface area contributed by atoms with Gasteiger partial charge in [0.1, 0.15) is 0 Å². The molecular formula is C15H30. The summed E-state index contributed by atoms with van der Waals surface area (Å²) in [6.07, 6.45) is 5.57. The highest BCUT2D eigenvalue weighted by Gasteiger charge is 2.55. The van der Waals surface area contributed by atoms with Crippen molar-refractivity contribution in [3.63, 3.8) is 0 Å². The Hall–Kier alpha value is 0. The third-order valence-corrected chi connectivity index (χ3v) is 5.40. The largest absolute Gasteiger partial charge is 0.0649 e. The Balaban J connectivity index is 2.86. The van der Waals surface area contributed by atoms with Crippen LogP contribution in [0.3, 0.4) is 0 Å². The molecule has 1 unspecified atom stereocenters. The molecule has 1 rings (SSSR count). The molecule has 0 nitrogen and oxygen atoms in total. The van der Waals surface area contributed by atoms with Gasteiger partial charge in [-0.15, -0.1) is 0 Å². The summed E-state index contributed by atoms with van der Waals surface area (Å²) in [5, 5.41) is 0. The summed E-state index contributed by atoms with van der Waals surface area (Å²) in [5.74, 6) is 0.826. The maximum absolute atomic E-state index is 2.47. The normalized spacial score (nSPS) is 30.4. The lowest BCUT2D eigenvalue weighted by atomic mass is 9.43. The summed E-state index contributed by atoms with van der Waals surface area (Å²) in [6.45, 7) is 17.0. The lowest BCUT2D eigenvalue weighted by molar-refractivity contribution is -0.119. The minimum Gasteiger partial charge on any atom is -0.0649 e. The summed E-state index contributed by atoms with van der Waals surface area (Å²) in [6, 6.07) is 0. The summed E-state index contributed by atoms with van der Waals surface area (Å²) in [7, 11) is 0. The van der Waals surface area contributed by atoms with E-state index in [2.05, 4.69) is 48.5 Å². The molecule has 1 fully saturated rings. The Morgan fingerprint density at radius 2 is 1.67 bits per heavy atom. The van der Waals surface area contributed by atoms with Crippen LogP contribution >= 0.6 is 0 Å². The molecule has 0 aromatic carbocycles. The van der Waals surface area contributed by atoms with Crippen molar-refractivity contribution in [3.05, 3.63) is 0 Å². The van der Waals surface area contributed by atoms with Crippen molar-refractivity contribution in [2.24, 2.45) is 22.2 Å². The topological polar surface area (TPSA) is 0 Å². The van der Waals surface area contributed by atoms with Crippen molar-refractivity contribution in [2.45, 2.75) is 74.1 Å². The molecule has 0 heterocycles. The van der Waals surface area contributed by atoms with E-state index in [0.717, 1.165) is 5.92 Å². The molecule has 0 radical (unpaired) electrons. The van der Waals surface area contributed by atoms with E-state index in [9.17, 15) is 0 Å². The highest BCUT2D eigenvalue weighted by molar-refractivity contribution is 5.05. The zero-order chi connectivity index (χ0) is 11.9. The van der Waals surface area contributed by atoms with Gasteiger partial charge in [-0.3, -0.25) is 0 Å². The SMILES string of the molecule is CCC(C)(C)CC1(C(C)C)CCC1(C)C. The van der Waals surface area contributed by atoms with E-state index >= 15 is 0 Å². The Bertz CT molecular complexity index is 222. The summed E-state index contributed by atoms with van der Waals surface area (Å²) >= 11 is 0. The second-order valence-corrected chi connectivity index (χ2v) is 7.39. The molecule has 0 spiro atoms. The predicted molar refractivity (Wildman–Crippen MR) is 69.0 cm³/mol. The van der Waals surface area contributed by atoms with Crippen LogP contribution in [0.5, 0.6) is 0 Å². The van der Waals surface area contributed by atoms with Gasteiger partial charge in [0.05, 0.1) is 0 Å². The van der Waals surface area contributed by atoms with Crippen molar-refractivity contribution < 1.29 is 0 Å². The molecule has 0 aromatic rings. The first-order chi connectivity index (χ1) is 6.67. The van der Waals surface area contributed by atoms with Gasteiger partial charge in [0.2, 0.25) is 0 Å². The molecule has 0 aliphatic heterocycles. The first-order valence-electron chi connectivity index (χ1n) is 6.67. The smallest absolute Gasteiger partial charge is 0.0218 e. The van der Waals surface area contributed by atoms with Crippen molar-refractivity contribution in [3.8, 4) is 0 Å². The molecule has 0 saturated heterocycles. The summed E-state index contributed by atoms with van der Waals surface area (Å²) < 4.78 is 0. The lowest BCUT2D eigenvalue weighted by Gasteiger charge is -2.61. The van der Waals surface area contributed by atoms with Crippen LogP contribution in [0.4, 0.5) is 0 Å². The highest BCUT2D eigenvalue weighted by Crippen LogP contribution is 2.64. The second kappa shape index (κ2) is 3.79. The summed E-state index contributed by atoms with van der Waals surface area (Å²) in [4.78, 5) is 0. The average molecular weight is 210 g/mol. The molecule has 1 aliphatic carbocycles. The minimum atomic E-state index is 0.516. The van der Waals surface area contributed by atoms with Crippen molar-refractivity contribution in [1.82, 2.24) is 0 Å². The molecule has 90 valence electrons. The van der Waals surface area contributed by atoms with E-state index in [4.69, 9.17) is 0 Å². The van der Waals surface area contributed by atoms with E-state index in [-0.39, 0.29) is 0 Å². The maximum atomic E-state index is 2.47. The van der Waals surface area contributed by atoms with Crippen LogP contribution in [0.1, 0.15) is 74.1 Å². The third kappa shape index (κ3) is 2.10. The Labute approximate surface area is 96.8 Å². The fourth-order valence-corrected chi connectivity index (χ4v) is 3.53. The van der Waals surface area contributed by atoms with Gasteiger partial charge in [0, 0.05) is 0 Å². The molecule has 0 N–H and O–H groups in total. The molecule has 15 heavy (non-hydrogen) atoms. The van der Waals surface area contributed by atoms with Gasteiger partial charge in [0.25, 0.3) is 0 Å². The number of hydrogen-bond acceptors (Lipinski definition) is 0. The van der Waals surface area contributed by atoms with E-state index in [1.54, 1.807) is 0 Å². The van der Waals surface area contributed by atoms with E-state index in [1.807, 2.05) is 0 Å². The number of rotatable bonds is 4. The van der Waals surface area contributed by atoms with Gasteiger partial charge >= 0.3 is 0 Å². The van der Waals surface area contributed by atoms with Crippen LogP contribution in [0.25, 0.3) is 0 Å². The van der Waals surface area contributed by atoms with Gasteiger partial charge in [-0.05, 0) is 41.4 Å². The van der Waals surface area contributed by atoms with E-state index < -0.39 is 0 Å². The first-order valence-corrected chi connectivity index (χ1v) is 6.67. The maximum Gasteiger partial charge on any atom is -0.0218 e. The quantitative estimate of drug-likeness (QED) is 0.592. The Morgan fingerprint density at radius 3 is 1.87 bits per heavy atom. The van der Waals surface area contributed by atoms with Gasteiger partial charge in [0.15, 0.2) is 0 Å². The van der Waals surface area contributed by atoms with Crippen molar-refractivity contribution >= 4 is 0 Å². The zero-order valence-corrected chi connectivity index (χ0v) is 11.9. The average Bonchev–Trinajstić information content (AvgIpc) is 2.12. The Morgan fingerprint density at radius 1 is 1.13 bits per heavy atom. The van der Waals surface area contributed by atoms with Gasteiger partial charge in [-0.25, -0.2) is 0 Å². The molecule has 0 amide bonds. The second-order valence-electron chi connectivity index (χ2n) is 7.39. The minimum absolute atomic E-state index is 0.516. The van der Waals surface area contributed by atoms with Crippen LogP contribution < -0.4 is 0 Å². The zero-order valence-electron chi connectivity index (χ0n) is 11.9. The Kier molecular flexibility index (Phi) is 3.30. The van der Waals surface area contributed by atoms with Crippen LogP contribution in [-0.4, -0.2) is 0 Å². The van der Waals surface area contributed by atoms with Crippen LogP contribution in [0, 0.1) is 22.2 Å². The molecule has 0 bridgehead atoms. The summed E-state index contributed by atoms with van der Waals surface area (Å²) in [5.41, 5.74) is 1.68. The van der Waals surface area contributed by atoms with E-state index in [0.29, 0.717) is 16.2 Å². The predicted octanol–water partition coefficient (Wildman–Crippen LogP) is 5.28. The van der Waals surface area contributed by atoms with E-state index in [1.165, 1.54) is 25.7 Å². The molecule has 1 saturated carbocycles. The molecule has 1 aliphatic rings. The molecule has 0 heteroatoms. The van der Waals surface area contributed by atoms with Gasteiger partial charge in [-0.1, -0.05) is 54.9 Å². The molecular weight excluding hydrogens is 180 g/mol. The van der Waals surface area contributed by atoms with Crippen molar-refractivity contribution in [1.29, 1.82) is 0 Å². The molecule has 0 aromatic heterocycles. The monoisotopic (exact) mass is 210 g/mol. The standard InChI is InChI=1S/C15H30/c1-8-13(4,5)11-15(12(2)3)10-9-14(15,6)7/h12H,8-11H2,1-7H3. The highest BCUT2D eigenvalue weighted by atomic mass is 14.6. The van der Waals surface area contributed by atoms with Gasteiger partial charge < -0.3 is 0 Å². The number of hydrogen-bond donors (Lipinski definition) is 0. The molecule has 1 atom stereocenters. The fourth-order valence-electron chi connectivity index (χ4n) is 3.53. The van der Waals surface area contributed by atoms with Gasteiger partial charge in [-0.2, -0.15) is 0 Å². The lowest BCUT2D eigenvalue weighted by Crippen LogP contribution is -2.52. The third-order valence-electron chi connectivity index (χ3n) is 5.40. The van der Waals surface area contributed by atoms with Crippen LogP contribution in [0.2, 0.25) is 0 Å². The fraction of sp³-hybridized carbons (Fsp3) is 1.00. The van der Waals surface area contributed by atoms with Crippen molar-refractivity contribution in [2.75, 3.05) is 0 Å². The first kappa shape index (κ1) is 13.1. The van der Waals surface area contributed by atoms with Crippen LogP contribution in [-0.2, 0) is 0 Å². The van der Waals surface area contributed by atoms with Crippen LogP contribution in [0.15, 0.2) is 0 Å².